The Hall–Kier alpha value is -0.560. The number of rotatable bonds is 6. The number of hydrogen-bond acceptors (Lipinski definition) is 10. The van der Waals surface area contributed by atoms with Gasteiger partial charge in [-0.25, -0.2) is 0 Å². The molecule has 0 spiro atoms. The van der Waals surface area contributed by atoms with Crippen LogP contribution in [0.1, 0.15) is 6.42 Å². The van der Waals surface area contributed by atoms with Gasteiger partial charge in [0.2, 0.25) is 6.29 Å². The Morgan fingerprint density at radius 3 is 1.87 bits per heavy atom. The largest absolute Gasteiger partial charge is 0.394 e. The molecule has 3 fully saturated rings. The summed E-state index contributed by atoms with van der Waals surface area (Å²) in [5.74, 6) is 0. The van der Waals surface area contributed by atoms with E-state index in [4.69, 9.17) is 18.9 Å². The van der Waals surface area contributed by atoms with Crippen molar-refractivity contribution in [1.29, 1.82) is 0 Å². The third-order valence-corrected chi connectivity index (χ3v) is 6.41. The van der Waals surface area contributed by atoms with Crippen LogP contribution in [0.5, 0.6) is 0 Å². The highest BCUT2D eigenvalue weighted by molar-refractivity contribution is 4.97. The molecule has 0 unspecified atom stereocenters. The van der Waals surface area contributed by atoms with Gasteiger partial charge in [0.15, 0.2) is 12.3 Å². The van der Waals surface area contributed by atoms with Crippen molar-refractivity contribution in [2.75, 3.05) is 13.2 Å². The first kappa shape index (κ1) is 25.1. The molecule has 0 bridgehead atoms. The van der Waals surface area contributed by atoms with Crippen LogP contribution in [0.3, 0.4) is 0 Å². The van der Waals surface area contributed by atoms with Crippen LogP contribution in [0, 0.1) is 0 Å². The summed E-state index contributed by atoms with van der Waals surface area (Å²) in [6, 6.07) is -1.70. The molecule has 3 rings (SSSR count). The maximum Gasteiger partial charge on any atom is 0.214 e. The summed E-state index contributed by atoms with van der Waals surface area (Å²) in [6.45, 7) is -0.331. The van der Waals surface area contributed by atoms with Gasteiger partial charge in [0.05, 0.1) is 13.0 Å². The van der Waals surface area contributed by atoms with Crippen molar-refractivity contribution in [2.45, 2.75) is 92.1 Å². The van der Waals surface area contributed by atoms with Crippen molar-refractivity contribution in [2.24, 2.45) is 0 Å². The number of quaternary nitrogens is 4. The summed E-state index contributed by atoms with van der Waals surface area (Å²) in [5.41, 5.74) is 15.5. The Balaban J connectivity index is 1.78. The standard InChI is InChI=1S/C17H34N4O10/c18-2-6-10(24)12(26)8(21)16(28-6)30-14-5(20)1-4(19)9(23)15(14)31-17-13(27)11(25)7(3-22)29-17/h4-17,22-27H,1-3,18-21H2/p+4/t4-,5+,6-,7-,8-,9+,10-,11-,12-,13-,14-,15-,16-,17+/m1/s1. The second-order valence-corrected chi connectivity index (χ2v) is 8.63. The lowest BCUT2D eigenvalue weighted by Crippen LogP contribution is -2.84. The van der Waals surface area contributed by atoms with Crippen LogP contribution in [0.15, 0.2) is 0 Å². The molecule has 0 aromatic carbocycles. The molecule has 2 heterocycles. The second-order valence-electron chi connectivity index (χ2n) is 8.63. The summed E-state index contributed by atoms with van der Waals surface area (Å²) in [4.78, 5) is 0. The van der Waals surface area contributed by atoms with Crippen molar-refractivity contribution in [1.82, 2.24) is 0 Å². The number of aliphatic hydroxyl groups excluding tert-OH is 6. The van der Waals surface area contributed by atoms with E-state index in [2.05, 4.69) is 22.9 Å². The van der Waals surface area contributed by atoms with E-state index < -0.39 is 92.2 Å². The van der Waals surface area contributed by atoms with Gasteiger partial charge >= 0.3 is 0 Å². The van der Waals surface area contributed by atoms with Gasteiger partial charge in [0, 0.05) is 0 Å². The van der Waals surface area contributed by atoms with Gasteiger partial charge in [-0.15, -0.1) is 0 Å². The molecule has 14 atom stereocenters. The van der Waals surface area contributed by atoms with Gasteiger partial charge in [0.1, 0.15) is 73.6 Å². The fourth-order valence-electron chi connectivity index (χ4n) is 4.39. The zero-order chi connectivity index (χ0) is 23.0. The lowest BCUT2D eigenvalue weighted by atomic mass is 9.84. The summed E-state index contributed by atoms with van der Waals surface area (Å²) >= 11 is 0. The van der Waals surface area contributed by atoms with Crippen LogP contribution in [0.2, 0.25) is 0 Å². The third kappa shape index (κ3) is 4.87. The molecule has 2 saturated heterocycles. The molecule has 31 heavy (non-hydrogen) atoms. The zero-order valence-corrected chi connectivity index (χ0v) is 17.3. The number of hydrogen-bond donors (Lipinski definition) is 10. The third-order valence-electron chi connectivity index (χ3n) is 6.41. The van der Waals surface area contributed by atoms with Crippen LogP contribution in [-0.2, 0) is 18.9 Å². The highest BCUT2D eigenvalue weighted by Crippen LogP contribution is 2.31. The molecule has 0 aromatic heterocycles. The number of aliphatic hydroxyl groups is 6. The first-order valence-corrected chi connectivity index (χ1v) is 10.5. The average Bonchev–Trinajstić information content (AvgIpc) is 3.02. The maximum atomic E-state index is 10.7. The molecule has 182 valence electrons. The lowest BCUT2D eigenvalue weighted by molar-refractivity contribution is -0.536. The fourth-order valence-corrected chi connectivity index (χ4v) is 4.39. The molecule has 0 amide bonds. The lowest BCUT2D eigenvalue weighted by Gasteiger charge is -2.44. The van der Waals surface area contributed by atoms with E-state index in [0.717, 1.165) is 0 Å². The van der Waals surface area contributed by atoms with E-state index in [1.165, 1.54) is 0 Å². The minimum absolute atomic E-state index is 0.190. The molecule has 2 aliphatic heterocycles. The first-order chi connectivity index (χ1) is 14.6. The topological polar surface area (TPSA) is 269 Å². The maximum absolute atomic E-state index is 10.7. The Labute approximate surface area is 178 Å². The molecule has 0 aromatic rings. The Bertz CT molecular complexity index is 591. The predicted octanol–water partition coefficient (Wildman–Crippen LogP) is -9.52. The molecule has 1 saturated carbocycles. The summed E-state index contributed by atoms with van der Waals surface area (Å²) in [7, 11) is 0. The van der Waals surface area contributed by atoms with Crippen LogP contribution < -0.4 is 22.9 Å². The minimum Gasteiger partial charge on any atom is -0.394 e. The van der Waals surface area contributed by atoms with E-state index in [-0.39, 0.29) is 6.54 Å². The first-order valence-electron chi connectivity index (χ1n) is 10.5. The van der Waals surface area contributed by atoms with Crippen molar-refractivity contribution >= 4 is 0 Å². The highest BCUT2D eigenvalue weighted by Gasteiger charge is 2.54. The normalized spacial score (nSPS) is 53.6. The van der Waals surface area contributed by atoms with E-state index in [9.17, 15) is 30.6 Å². The average molecular weight is 459 g/mol. The smallest absolute Gasteiger partial charge is 0.214 e. The van der Waals surface area contributed by atoms with Crippen molar-refractivity contribution in [3.8, 4) is 0 Å². The van der Waals surface area contributed by atoms with Gasteiger partial charge in [-0.1, -0.05) is 0 Å². The summed E-state index contributed by atoms with van der Waals surface area (Å²) in [5, 5.41) is 60.7. The zero-order valence-electron chi connectivity index (χ0n) is 17.3. The van der Waals surface area contributed by atoms with Crippen LogP contribution in [0.25, 0.3) is 0 Å². The highest BCUT2D eigenvalue weighted by atomic mass is 16.7. The van der Waals surface area contributed by atoms with E-state index in [1.54, 1.807) is 0 Å². The van der Waals surface area contributed by atoms with E-state index in [0.29, 0.717) is 6.42 Å². The van der Waals surface area contributed by atoms with Crippen molar-refractivity contribution in [3.05, 3.63) is 0 Å². The van der Waals surface area contributed by atoms with Gasteiger partial charge in [0.25, 0.3) is 0 Å². The second kappa shape index (κ2) is 10.1. The molecule has 0 radical (unpaired) electrons. The Kier molecular flexibility index (Phi) is 8.21. The summed E-state index contributed by atoms with van der Waals surface area (Å²) < 4.78 is 23.0. The van der Waals surface area contributed by atoms with Crippen LogP contribution >= 0.6 is 0 Å². The van der Waals surface area contributed by atoms with Crippen LogP contribution in [-0.4, -0.2) is 129 Å². The minimum atomic E-state index is -1.45. The Morgan fingerprint density at radius 2 is 1.29 bits per heavy atom. The van der Waals surface area contributed by atoms with Gasteiger partial charge in [-0.2, -0.15) is 0 Å². The van der Waals surface area contributed by atoms with Gasteiger partial charge in [-0.3, -0.25) is 0 Å². The van der Waals surface area contributed by atoms with Gasteiger partial charge < -0.3 is 72.5 Å². The molecule has 14 nitrogen and oxygen atoms in total. The number of ether oxygens (including phenoxy) is 4. The fraction of sp³-hybridized carbons (Fsp3) is 1.00. The molecular weight excluding hydrogens is 420 g/mol. The van der Waals surface area contributed by atoms with Crippen molar-refractivity contribution < 1.29 is 72.5 Å². The predicted molar refractivity (Wildman–Crippen MR) is 96.6 cm³/mol. The molecule has 18 N–H and O–H groups in total. The molecule has 1 aliphatic carbocycles. The molecule has 14 heteroatoms. The van der Waals surface area contributed by atoms with Crippen LogP contribution in [0.4, 0.5) is 0 Å². The summed E-state index contributed by atoms with van der Waals surface area (Å²) in [6.07, 6.45) is -12.0. The van der Waals surface area contributed by atoms with Gasteiger partial charge in [-0.05, 0) is 0 Å². The Morgan fingerprint density at radius 1 is 0.710 bits per heavy atom. The molecule has 3 aliphatic rings. The van der Waals surface area contributed by atoms with Crippen molar-refractivity contribution in [3.63, 3.8) is 0 Å². The SMILES string of the molecule is [NH3+]C[C@H]1O[C@H](O[C@H]2[C@H](O[C@@H]3O[C@H](CO)[C@@H](O)[C@H]3O)[C@@H](O)[C@H]([NH3+])C[C@@H]2[NH3+])[C@H]([NH3+])[C@@H](O)[C@@H]1O. The van der Waals surface area contributed by atoms with E-state index in [1.807, 2.05) is 0 Å². The quantitative estimate of drug-likeness (QED) is 0.179. The van der Waals surface area contributed by atoms with E-state index >= 15 is 0 Å². The monoisotopic (exact) mass is 458 g/mol. The molecular formula is C17H38N4O10+4.